The monoisotopic (exact) mass is 319 g/mol. The lowest BCUT2D eigenvalue weighted by Gasteiger charge is -2.15. The molecule has 0 unspecified atom stereocenters. The SMILES string of the molecule is C[C@@H](CNC(=O)CCC(=O)NC1CCCC1)Oc1cccnc1. The van der Waals surface area contributed by atoms with Gasteiger partial charge in [0.25, 0.3) is 0 Å². The van der Waals surface area contributed by atoms with E-state index in [-0.39, 0.29) is 30.8 Å². The number of nitrogens with one attached hydrogen (secondary N) is 2. The van der Waals surface area contributed by atoms with Crippen LogP contribution in [0.25, 0.3) is 0 Å². The standard InChI is InChI=1S/C17H25N3O3/c1-13(23-15-7-4-10-18-12-15)11-19-16(21)8-9-17(22)20-14-5-2-3-6-14/h4,7,10,12-14H,2-3,5-6,8-9,11H2,1H3,(H,19,21)(H,20,22)/t13-/m0/s1. The number of hydrogen-bond donors (Lipinski definition) is 2. The van der Waals surface area contributed by atoms with Crippen LogP contribution in [0.4, 0.5) is 0 Å². The van der Waals surface area contributed by atoms with Crippen molar-refractivity contribution in [2.75, 3.05) is 6.54 Å². The maximum Gasteiger partial charge on any atom is 0.220 e. The molecule has 1 aliphatic carbocycles. The van der Waals surface area contributed by atoms with Crippen LogP contribution < -0.4 is 15.4 Å². The summed E-state index contributed by atoms with van der Waals surface area (Å²) in [5.74, 6) is 0.505. The summed E-state index contributed by atoms with van der Waals surface area (Å²) in [5, 5.41) is 5.77. The quantitative estimate of drug-likeness (QED) is 0.766. The molecular weight excluding hydrogens is 294 g/mol. The summed E-state index contributed by atoms with van der Waals surface area (Å²) in [7, 11) is 0. The first-order valence-electron chi connectivity index (χ1n) is 8.26. The minimum atomic E-state index is -0.157. The number of nitrogens with zero attached hydrogens (tertiary/aromatic N) is 1. The van der Waals surface area contributed by atoms with Crippen LogP contribution in [0.1, 0.15) is 45.4 Å². The third kappa shape index (κ3) is 6.67. The Balaban J connectivity index is 1.58. The molecule has 1 aromatic rings. The highest BCUT2D eigenvalue weighted by molar-refractivity contribution is 5.83. The van der Waals surface area contributed by atoms with Crippen LogP contribution in [-0.4, -0.2) is 35.5 Å². The second-order valence-electron chi connectivity index (χ2n) is 5.97. The molecule has 126 valence electrons. The Morgan fingerprint density at radius 1 is 1.30 bits per heavy atom. The van der Waals surface area contributed by atoms with Crippen molar-refractivity contribution in [3.8, 4) is 5.75 Å². The molecule has 1 aliphatic rings. The predicted molar refractivity (Wildman–Crippen MR) is 87.0 cm³/mol. The number of rotatable bonds is 8. The molecule has 2 amide bonds. The van der Waals surface area contributed by atoms with E-state index < -0.39 is 0 Å². The number of hydrogen-bond acceptors (Lipinski definition) is 4. The van der Waals surface area contributed by atoms with Crippen LogP contribution in [0.2, 0.25) is 0 Å². The van der Waals surface area contributed by atoms with Crippen molar-refractivity contribution in [2.24, 2.45) is 0 Å². The van der Waals surface area contributed by atoms with Gasteiger partial charge in [-0.2, -0.15) is 0 Å². The molecule has 1 fully saturated rings. The van der Waals surface area contributed by atoms with E-state index in [0.29, 0.717) is 18.3 Å². The van der Waals surface area contributed by atoms with Gasteiger partial charge in [-0.25, -0.2) is 0 Å². The number of carbonyl (C=O) groups excluding carboxylic acids is 2. The van der Waals surface area contributed by atoms with Crippen LogP contribution in [0.15, 0.2) is 24.5 Å². The van der Waals surface area contributed by atoms with E-state index in [4.69, 9.17) is 4.74 Å². The lowest BCUT2D eigenvalue weighted by molar-refractivity contribution is -0.126. The Bertz CT molecular complexity index is 501. The van der Waals surface area contributed by atoms with Crippen molar-refractivity contribution in [1.82, 2.24) is 15.6 Å². The van der Waals surface area contributed by atoms with Gasteiger partial charge in [0.05, 0.1) is 12.7 Å². The number of ether oxygens (including phenoxy) is 1. The van der Waals surface area contributed by atoms with E-state index in [2.05, 4.69) is 15.6 Å². The lowest BCUT2D eigenvalue weighted by atomic mass is 10.2. The molecule has 0 bridgehead atoms. The molecule has 23 heavy (non-hydrogen) atoms. The first kappa shape index (κ1) is 17.2. The number of aromatic nitrogens is 1. The van der Waals surface area contributed by atoms with Gasteiger partial charge in [0.1, 0.15) is 11.9 Å². The molecule has 2 rings (SSSR count). The summed E-state index contributed by atoms with van der Waals surface area (Å²) in [4.78, 5) is 27.5. The largest absolute Gasteiger partial charge is 0.487 e. The molecule has 1 aromatic heterocycles. The van der Waals surface area contributed by atoms with Crippen molar-refractivity contribution in [3.05, 3.63) is 24.5 Å². The molecule has 0 radical (unpaired) electrons. The van der Waals surface area contributed by atoms with Crippen molar-refractivity contribution < 1.29 is 14.3 Å². The maximum absolute atomic E-state index is 11.8. The van der Waals surface area contributed by atoms with Crippen LogP contribution in [0.3, 0.4) is 0 Å². The van der Waals surface area contributed by atoms with Crippen molar-refractivity contribution >= 4 is 11.8 Å². The minimum absolute atomic E-state index is 0.0355. The molecule has 1 heterocycles. The van der Waals surface area contributed by atoms with E-state index in [1.807, 2.05) is 13.0 Å². The Morgan fingerprint density at radius 2 is 2.04 bits per heavy atom. The minimum Gasteiger partial charge on any atom is -0.487 e. The summed E-state index contributed by atoms with van der Waals surface area (Å²) in [5.41, 5.74) is 0. The first-order chi connectivity index (χ1) is 11.1. The molecule has 0 aliphatic heterocycles. The summed E-state index contributed by atoms with van der Waals surface area (Å²) < 4.78 is 5.62. The van der Waals surface area contributed by atoms with Gasteiger partial charge in [0.15, 0.2) is 0 Å². The molecule has 0 saturated heterocycles. The Morgan fingerprint density at radius 3 is 2.74 bits per heavy atom. The van der Waals surface area contributed by atoms with Gasteiger partial charge in [-0.05, 0) is 31.9 Å². The Hall–Kier alpha value is -2.11. The van der Waals surface area contributed by atoms with Gasteiger partial charge in [-0.1, -0.05) is 12.8 Å². The van der Waals surface area contributed by atoms with Crippen molar-refractivity contribution in [3.63, 3.8) is 0 Å². The highest BCUT2D eigenvalue weighted by Gasteiger charge is 2.17. The summed E-state index contributed by atoms with van der Waals surface area (Å²) in [6, 6.07) is 3.92. The zero-order chi connectivity index (χ0) is 16.5. The van der Waals surface area contributed by atoms with Crippen LogP contribution >= 0.6 is 0 Å². The van der Waals surface area contributed by atoms with E-state index >= 15 is 0 Å². The average Bonchev–Trinajstić information content (AvgIpc) is 3.05. The lowest BCUT2D eigenvalue weighted by Crippen LogP contribution is -2.36. The molecule has 0 spiro atoms. The van der Waals surface area contributed by atoms with E-state index in [1.54, 1.807) is 18.5 Å². The normalized spacial score (nSPS) is 15.9. The Labute approximate surface area is 137 Å². The smallest absolute Gasteiger partial charge is 0.220 e. The zero-order valence-corrected chi connectivity index (χ0v) is 13.6. The van der Waals surface area contributed by atoms with E-state index in [9.17, 15) is 9.59 Å². The summed E-state index contributed by atoms with van der Waals surface area (Å²) in [6.45, 7) is 2.28. The highest BCUT2D eigenvalue weighted by Crippen LogP contribution is 2.17. The van der Waals surface area contributed by atoms with Crippen LogP contribution in [-0.2, 0) is 9.59 Å². The Kier molecular flexibility index (Phi) is 6.84. The van der Waals surface area contributed by atoms with E-state index in [0.717, 1.165) is 12.8 Å². The van der Waals surface area contributed by atoms with E-state index in [1.165, 1.54) is 12.8 Å². The number of carbonyl (C=O) groups is 2. The van der Waals surface area contributed by atoms with Crippen molar-refractivity contribution in [1.29, 1.82) is 0 Å². The molecule has 1 saturated carbocycles. The second kappa shape index (κ2) is 9.12. The maximum atomic E-state index is 11.8. The van der Waals surface area contributed by atoms with Crippen LogP contribution in [0.5, 0.6) is 5.75 Å². The first-order valence-corrected chi connectivity index (χ1v) is 8.26. The third-order valence-corrected chi connectivity index (χ3v) is 3.86. The van der Waals surface area contributed by atoms with Gasteiger partial charge in [0.2, 0.25) is 11.8 Å². The van der Waals surface area contributed by atoms with Crippen molar-refractivity contribution in [2.45, 2.75) is 57.6 Å². The second-order valence-corrected chi connectivity index (χ2v) is 5.97. The molecular formula is C17H25N3O3. The molecule has 0 aromatic carbocycles. The van der Waals surface area contributed by atoms with Gasteiger partial charge in [-0.15, -0.1) is 0 Å². The fourth-order valence-electron chi connectivity index (χ4n) is 2.63. The van der Waals surface area contributed by atoms with Gasteiger partial charge in [-0.3, -0.25) is 14.6 Å². The predicted octanol–water partition coefficient (Wildman–Crippen LogP) is 1.80. The molecule has 1 atom stereocenters. The van der Waals surface area contributed by atoms with Crippen LogP contribution in [0, 0.1) is 0 Å². The topological polar surface area (TPSA) is 80.3 Å². The summed E-state index contributed by atoms with van der Waals surface area (Å²) >= 11 is 0. The van der Waals surface area contributed by atoms with Gasteiger partial charge < -0.3 is 15.4 Å². The average molecular weight is 319 g/mol. The number of amides is 2. The zero-order valence-electron chi connectivity index (χ0n) is 13.6. The molecule has 6 heteroatoms. The fraction of sp³-hybridized carbons (Fsp3) is 0.588. The number of pyridine rings is 1. The third-order valence-electron chi connectivity index (χ3n) is 3.86. The highest BCUT2D eigenvalue weighted by atomic mass is 16.5. The molecule has 6 nitrogen and oxygen atoms in total. The van der Waals surface area contributed by atoms with Gasteiger partial charge in [0, 0.05) is 25.1 Å². The molecule has 2 N–H and O–H groups in total. The summed E-state index contributed by atoms with van der Waals surface area (Å²) in [6.07, 6.45) is 8.07. The van der Waals surface area contributed by atoms with Gasteiger partial charge >= 0.3 is 0 Å². The fourth-order valence-corrected chi connectivity index (χ4v) is 2.63.